The number of ether oxygens (including phenoxy) is 2. The van der Waals surface area contributed by atoms with Gasteiger partial charge in [0.15, 0.2) is 0 Å². The Labute approximate surface area is 178 Å². The molecule has 1 aromatic heterocycles. The highest BCUT2D eigenvalue weighted by atomic mass is 35.5. The zero-order chi connectivity index (χ0) is 19.5. The van der Waals surface area contributed by atoms with Crippen LogP contribution in [0.1, 0.15) is 44.2 Å². The Morgan fingerprint density at radius 2 is 1.90 bits per heavy atom. The van der Waals surface area contributed by atoms with Gasteiger partial charge in [-0.15, -0.1) is 12.4 Å². The lowest BCUT2D eigenvalue weighted by Crippen LogP contribution is -2.39. The van der Waals surface area contributed by atoms with Crippen molar-refractivity contribution in [1.82, 2.24) is 15.6 Å². The number of amides is 1. The number of piperidine rings is 1. The number of hydrogen-bond donors (Lipinski definition) is 3. The van der Waals surface area contributed by atoms with Crippen LogP contribution in [0.3, 0.4) is 0 Å². The van der Waals surface area contributed by atoms with E-state index in [4.69, 9.17) is 9.47 Å². The highest BCUT2D eigenvalue weighted by Crippen LogP contribution is 2.33. The van der Waals surface area contributed by atoms with Crippen molar-refractivity contribution in [3.63, 3.8) is 0 Å². The number of carbonyl (C=O) groups is 1. The first-order valence-corrected chi connectivity index (χ1v) is 10.4. The number of H-pyrrole nitrogens is 1. The van der Waals surface area contributed by atoms with E-state index >= 15 is 0 Å². The van der Waals surface area contributed by atoms with Gasteiger partial charge in [-0.2, -0.15) is 0 Å². The van der Waals surface area contributed by atoms with E-state index in [0.717, 1.165) is 53.8 Å². The summed E-state index contributed by atoms with van der Waals surface area (Å²) in [4.78, 5) is 15.7. The maximum absolute atomic E-state index is 12.3. The standard InChI is InChI=1S/C22H31N3O3.ClH/c1-27-18-12-20-19(21(13-18)28-2)11-15(25-20)4-3-7-23-22(26)10-14-8-16-5-6-17(9-14)24-16;/h11-14,16-17,24-25H,3-10H2,1-2H3,(H,23,26);1H. The molecule has 2 fully saturated rings. The first-order valence-electron chi connectivity index (χ1n) is 10.4. The number of fused-ring (bicyclic) bond motifs is 3. The summed E-state index contributed by atoms with van der Waals surface area (Å²) < 4.78 is 10.8. The molecule has 2 aliphatic heterocycles. The van der Waals surface area contributed by atoms with Gasteiger partial charge in [0, 0.05) is 48.3 Å². The number of halogens is 1. The lowest BCUT2D eigenvalue weighted by Gasteiger charge is -2.28. The molecule has 4 rings (SSSR count). The molecule has 2 bridgehead atoms. The molecule has 3 heterocycles. The minimum absolute atomic E-state index is 0. The highest BCUT2D eigenvalue weighted by Gasteiger charge is 2.34. The highest BCUT2D eigenvalue weighted by molar-refractivity contribution is 5.88. The largest absolute Gasteiger partial charge is 0.497 e. The van der Waals surface area contributed by atoms with Crippen molar-refractivity contribution in [2.75, 3.05) is 20.8 Å². The average molecular weight is 422 g/mol. The van der Waals surface area contributed by atoms with Crippen LogP contribution in [0.2, 0.25) is 0 Å². The third-order valence-electron chi connectivity index (χ3n) is 6.17. The molecule has 2 unspecified atom stereocenters. The van der Waals surface area contributed by atoms with Crippen LogP contribution in [0, 0.1) is 5.92 Å². The first-order chi connectivity index (χ1) is 13.6. The zero-order valence-electron chi connectivity index (χ0n) is 17.3. The first kappa shape index (κ1) is 21.8. The maximum atomic E-state index is 12.3. The Morgan fingerprint density at radius 3 is 2.59 bits per heavy atom. The maximum Gasteiger partial charge on any atom is 0.220 e. The van der Waals surface area contributed by atoms with Crippen molar-refractivity contribution in [2.24, 2.45) is 5.92 Å². The summed E-state index contributed by atoms with van der Waals surface area (Å²) in [7, 11) is 3.33. The van der Waals surface area contributed by atoms with Gasteiger partial charge in [-0.3, -0.25) is 4.79 Å². The van der Waals surface area contributed by atoms with E-state index in [2.05, 4.69) is 21.7 Å². The second-order valence-corrected chi connectivity index (χ2v) is 8.22. The fraction of sp³-hybridized carbons (Fsp3) is 0.591. The molecule has 0 aliphatic carbocycles. The van der Waals surface area contributed by atoms with Crippen molar-refractivity contribution in [3.8, 4) is 11.5 Å². The van der Waals surface area contributed by atoms with Crippen LogP contribution in [0.25, 0.3) is 10.9 Å². The molecule has 1 amide bonds. The number of nitrogens with one attached hydrogen (secondary N) is 3. The molecule has 0 spiro atoms. The topological polar surface area (TPSA) is 75.4 Å². The van der Waals surface area contributed by atoms with E-state index in [1.165, 1.54) is 12.8 Å². The van der Waals surface area contributed by atoms with Crippen LogP contribution in [-0.2, 0) is 11.2 Å². The Balaban J connectivity index is 0.00000240. The predicted molar refractivity (Wildman–Crippen MR) is 117 cm³/mol. The summed E-state index contributed by atoms with van der Waals surface area (Å²) in [6, 6.07) is 7.30. The van der Waals surface area contributed by atoms with Crippen molar-refractivity contribution in [3.05, 3.63) is 23.9 Å². The van der Waals surface area contributed by atoms with Crippen LogP contribution in [0.4, 0.5) is 0 Å². The van der Waals surface area contributed by atoms with E-state index in [1.807, 2.05) is 12.1 Å². The molecule has 2 aromatic rings. The smallest absolute Gasteiger partial charge is 0.220 e. The van der Waals surface area contributed by atoms with Crippen molar-refractivity contribution in [1.29, 1.82) is 0 Å². The Kier molecular flexibility index (Phi) is 7.30. The van der Waals surface area contributed by atoms with E-state index < -0.39 is 0 Å². The average Bonchev–Trinajstić information content (AvgIpc) is 3.26. The molecule has 160 valence electrons. The van der Waals surface area contributed by atoms with Gasteiger partial charge in [-0.1, -0.05) is 0 Å². The molecule has 7 heteroatoms. The van der Waals surface area contributed by atoms with Gasteiger partial charge >= 0.3 is 0 Å². The van der Waals surface area contributed by atoms with Gasteiger partial charge in [0.25, 0.3) is 0 Å². The monoisotopic (exact) mass is 421 g/mol. The normalized spacial score (nSPS) is 22.9. The van der Waals surface area contributed by atoms with Crippen molar-refractivity contribution in [2.45, 2.75) is 57.0 Å². The third kappa shape index (κ3) is 5.17. The SMILES string of the molecule is COc1cc(OC)c2cc(CCCNC(=O)CC3CC4CCC(C3)N4)[nH]c2c1.Cl. The van der Waals surface area contributed by atoms with Gasteiger partial charge in [0.2, 0.25) is 5.91 Å². The Hall–Kier alpha value is -1.92. The molecule has 2 saturated heterocycles. The van der Waals surface area contributed by atoms with Crippen molar-refractivity contribution >= 4 is 29.2 Å². The van der Waals surface area contributed by atoms with E-state index in [9.17, 15) is 4.79 Å². The summed E-state index contributed by atoms with van der Waals surface area (Å²) in [5.41, 5.74) is 2.15. The number of aromatic nitrogens is 1. The van der Waals surface area contributed by atoms with E-state index in [-0.39, 0.29) is 18.3 Å². The second-order valence-electron chi connectivity index (χ2n) is 8.22. The predicted octanol–water partition coefficient (Wildman–Crippen LogP) is 3.58. The Bertz CT molecular complexity index is 826. The molecule has 0 radical (unpaired) electrons. The summed E-state index contributed by atoms with van der Waals surface area (Å²) in [6.45, 7) is 0.715. The number of methoxy groups -OCH3 is 2. The fourth-order valence-electron chi connectivity index (χ4n) is 4.84. The van der Waals surface area contributed by atoms with Gasteiger partial charge in [0.05, 0.1) is 19.7 Å². The number of hydrogen-bond acceptors (Lipinski definition) is 4. The molecular weight excluding hydrogens is 390 g/mol. The molecule has 0 saturated carbocycles. The van der Waals surface area contributed by atoms with E-state index in [1.54, 1.807) is 14.2 Å². The van der Waals surface area contributed by atoms with Gasteiger partial charge in [0.1, 0.15) is 11.5 Å². The Morgan fingerprint density at radius 1 is 1.14 bits per heavy atom. The van der Waals surface area contributed by atoms with Crippen LogP contribution in [0.5, 0.6) is 11.5 Å². The van der Waals surface area contributed by atoms with Crippen LogP contribution < -0.4 is 20.1 Å². The minimum atomic E-state index is 0. The number of benzene rings is 1. The molecular formula is C22H32ClN3O3. The van der Waals surface area contributed by atoms with E-state index in [0.29, 0.717) is 31.0 Å². The molecule has 2 aliphatic rings. The lowest BCUT2D eigenvalue weighted by molar-refractivity contribution is -0.122. The quantitative estimate of drug-likeness (QED) is 0.569. The molecule has 29 heavy (non-hydrogen) atoms. The fourth-order valence-corrected chi connectivity index (χ4v) is 4.84. The summed E-state index contributed by atoms with van der Waals surface area (Å²) >= 11 is 0. The lowest BCUT2D eigenvalue weighted by atomic mass is 9.89. The third-order valence-corrected chi connectivity index (χ3v) is 6.17. The summed E-state index contributed by atoms with van der Waals surface area (Å²) in [5, 5.41) is 7.80. The number of rotatable bonds is 8. The van der Waals surface area contributed by atoms with Crippen LogP contribution >= 0.6 is 12.4 Å². The molecule has 6 nitrogen and oxygen atoms in total. The molecule has 3 N–H and O–H groups in total. The van der Waals surface area contributed by atoms with Gasteiger partial charge in [-0.25, -0.2) is 0 Å². The number of aryl methyl sites for hydroxylation is 1. The minimum Gasteiger partial charge on any atom is -0.497 e. The van der Waals surface area contributed by atoms with Crippen molar-refractivity contribution < 1.29 is 14.3 Å². The van der Waals surface area contributed by atoms with Crippen LogP contribution in [0.15, 0.2) is 18.2 Å². The summed E-state index contributed by atoms with van der Waals surface area (Å²) in [5.74, 6) is 2.33. The molecule has 1 aromatic carbocycles. The van der Waals surface area contributed by atoms with Crippen LogP contribution in [-0.4, -0.2) is 43.7 Å². The second kappa shape index (κ2) is 9.72. The summed E-state index contributed by atoms with van der Waals surface area (Å²) in [6.07, 6.45) is 7.36. The zero-order valence-corrected chi connectivity index (χ0v) is 18.1. The number of aromatic amines is 1. The number of carbonyl (C=O) groups excluding carboxylic acids is 1. The van der Waals surface area contributed by atoms with Gasteiger partial charge in [-0.05, 0) is 50.5 Å². The molecule has 2 atom stereocenters. The van der Waals surface area contributed by atoms with Gasteiger partial charge < -0.3 is 25.1 Å².